The number of anilines is 1. The van der Waals surface area contributed by atoms with Crippen LogP contribution < -0.4 is 4.90 Å². The number of hydrogen-bond donors (Lipinski definition) is 0. The summed E-state index contributed by atoms with van der Waals surface area (Å²) in [6.45, 7) is 5.27. The molecule has 1 saturated heterocycles. The van der Waals surface area contributed by atoms with Crippen LogP contribution in [0, 0.1) is 11.3 Å². The highest BCUT2D eigenvalue weighted by molar-refractivity contribution is 5.85. The second-order valence-electron chi connectivity index (χ2n) is 6.91. The fourth-order valence-electron chi connectivity index (χ4n) is 3.81. The average molecular weight is 341 g/mol. The fourth-order valence-corrected chi connectivity index (χ4v) is 3.81. The van der Waals surface area contributed by atoms with E-state index < -0.39 is 0 Å². The van der Waals surface area contributed by atoms with Gasteiger partial charge in [-0.2, -0.15) is 5.26 Å². The van der Waals surface area contributed by atoms with Gasteiger partial charge in [-0.3, -0.25) is 4.90 Å². The van der Waals surface area contributed by atoms with Crippen LogP contribution in [-0.4, -0.2) is 31.1 Å². The first-order valence-electron chi connectivity index (χ1n) is 9.27. The van der Waals surface area contributed by atoms with Crippen LogP contribution in [0.4, 0.5) is 5.69 Å². The topological polar surface area (TPSA) is 30.3 Å². The van der Waals surface area contributed by atoms with E-state index in [1.165, 1.54) is 22.0 Å². The van der Waals surface area contributed by atoms with Crippen LogP contribution in [0.3, 0.4) is 0 Å². The lowest BCUT2D eigenvalue weighted by Gasteiger charge is -2.24. The van der Waals surface area contributed by atoms with Gasteiger partial charge in [0.25, 0.3) is 0 Å². The number of nitriles is 1. The Bertz CT molecular complexity index is 919. The zero-order chi connectivity index (χ0) is 17.8. The van der Waals surface area contributed by atoms with Gasteiger partial charge in [-0.15, -0.1) is 0 Å². The lowest BCUT2D eigenvalue weighted by atomic mass is 10.0. The summed E-state index contributed by atoms with van der Waals surface area (Å²) in [7, 11) is 0. The summed E-state index contributed by atoms with van der Waals surface area (Å²) >= 11 is 0. The van der Waals surface area contributed by atoms with Crippen molar-refractivity contribution >= 4 is 16.5 Å². The molecule has 0 atom stereocenters. The molecule has 130 valence electrons. The third-order valence-electron chi connectivity index (χ3n) is 5.22. The van der Waals surface area contributed by atoms with Crippen LogP contribution in [-0.2, 0) is 6.54 Å². The number of benzene rings is 3. The third-order valence-corrected chi connectivity index (χ3v) is 5.22. The maximum absolute atomic E-state index is 8.96. The summed E-state index contributed by atoms with van der Waals surface area (Å²) in [4.78, 5) is 5.00. The number of fused-ring (bicyclic) bond motifs is 1. The Kier molecular flexibility index (Phi) is 4.86. The summed E-state index contributed by atoms with van der Waals surface area (Å²) in [5.74, 6) is 0. The Hall–Kier alpha value is -2.83. The maximum Gasteiger partial charge on any atom is 0.0991 e. The molecule has 1 fully saturated rings. The normalized spacial score (nSPS) is 15.6. The summed E-state index contributed by atoms with van der Waals surface area (Å²) < 4.78 is 0. The first kappa shape index (κ1) is 16.6. The predicted octanol–water partition coefficient (Wildman–Crippen LogP) is 4.42. The molecule has 26 heavy (non-hydrogen) atoms. The van der Waals surface area contributed by atoms with Gasteiger partial charge in [-0.1, -0.05) is 42.5 Å². The molecule has 0 amide bonds. The van der Waals surface area contributed by atoms with Crippen LogP contribution in [0.25, 0.3) is 10.8 Å². The molecule has 0 radical (unpaired) electrons. The first-order valence-corrected chi connectivity index (χ1v) is 9.27. The summed E-state index contributed by atoms with van der Waals surface area (Å²) in [6.07, 6.45) is 1.16. The molecule has 3 heteroatoms. The molecule has 0 N–H and O–H groups in total. The van der Waals surface area contributed by atoms with Crippen LogP contribution in [0.15, 0.2) is 66.7 Å². The minimum Gasteiger partial charge on any atom is -0.370 e. The van der Waals surface area contributed by atoms with Crippen molar-refractivity contribution in [3.8, 4) is 6.07 Å². The number of hydrogen-bond acceptors (Lipinski definition) is 3. The number of nitrogens with zero attached hydrogens (tertiary/aromatic N) is 3. The van der Waals surface area contributed by atoms with E-state index in [2.05, 4.69) is 70.5 Å². The van der Waals surface area contributed by atoms with E-state index >= 15 is 0 Å². The molecular formula is C23H23N3. The van der Waals surface area contributed by atoms with Gasteiger partial charge in [0.15, 0.2) is 0 Å². The maximum atomic E-state index is 8.96. The smallest absolute Gasteiger partial charge is 0.0991 e. The van der Waals surface area contributed by atoms with Crippen molar-refractivity contribution < 1.29 is 0 Å². The van der Waals surface area contributed by atoms with Gasteiger partial charge in [-0.05, 0) is 47.0 Å². The van der Waals surface area contributed by atoms with Gasteiger partial charge in [-0.25, -0.2) is 0 Å². The number of rotatable bonds is 3. The molecule has 1 aliphatic heterocycles. The highest BCUT2D eigenvalue weighted by Gasteiger charge is 2.16. The van der Waals surface area contributed by atoms with Crippen molar-refractivity contribution in [1.29, 1.82) is 5.26 Å². The molecule has 0 unspecified atom stereocenters. The largest absolute Gasteiger partial charge is 0.370 e. The zero-order valence-electron chi connectivity index (χ0n) is 14.9. The van der Waals surface area contributed by atoms with Crippen LogP contribution in [0.1, 0.15) is 17.5 Å². The predicted molar refractivity (Wildman–Crippen MR) is 107 cm³/mol. The SMILES string of the molecule is N#Cc1ccc(N2CCCN(Cc3cccc4ccccc34)CC2)cc1. The van der Waals surface area contributed by atoms with E-state index in [4.69, 9.17) is 5.26 Å². The van der Waals surface area contributed by atoms with Crippen molar-refractivity contribution in [3.05, 3.63) is 77.9 Å². The van der Waals surface area contributed by atoms with Crippen molar-refractivity contribution in [2.75, 3.05) is 31.1 Å². The molecule has 1 aliphatic rings. The zero-order valence-corrected chi connectivity index (χ0v) is 14.9. The molecule has 1 heterocycles. The van der Waals surface area contributed by atoms with Crippen molar-refractivity contribution in [1.82, 2.24) is 4.90 Å². The van der Waals surface area contributed by atoms with Gasteiger partial charge >= 0.3 is 0 Å². The molecule has 3 nitrogen and oxygen atoms in total. The Labute approximate surface area is 155 Å². The highest BCUT2D eigenvalue weighted by atomic mass is 15.2. The Morgan fingerprint density at radius 2 is 1.62 bits per heavy atom. The van der Waals surface area contributed by atoms with Gasteiger partial charge in [0.05, 0.1) is 11.6 Å². The Balaban J connectivity index is 1.46. The quantitative estimate of drug-likeness (QED) is 0.706. The molecule has 4 rings (SSSR count). The van der Waals surface area contributed by atoms with Crippen molar-refractivity contribution in [3.63, 3.8) is 0 Å². The standard InChI is InChI=1S/C23H23N3/c24-17-19-9-11-22(12-10-19)26-14-4-13-25(15-16-26)18-21-7-3-6-20-5-1-2-8-23(20)21/h1-3,5-12H,4,13-16,18H2. The average Bonchev–Trinajstić information content (AvgIpc) is 2.94. The van der Waals surface area contributed by atoms with E-state index in [0.29, 0.717) is 0 Å². The summed E-state index contributed by atoms with van der Waals surface area (Å²) in [5.41, 5.74) is 3.35. The molecule has 0 aliphatic carbocycles. The molecule has 3 aromatic carbocycles. The third kappa shape index (κ3) is 3.56. The molecule has 3 aromatic rings. The molecule has 0 spiro atoms. The summed E-state index contributed by atoms with van der Waals surface area (Å²) in [5, 5.41) is 11.6. The fraction of sp³-hybridized carbons (Fsp3) is 0.261. The Morgan fingerprint density at radius 1 is 0.808 bits per heavy atom. The highest BCUT2D eigenvalue weighted by Crippen LogP contribution is 2.22. The van der Waals surface area contributed by atoms with Crippen molar-refractivity contribution in [2.24, 2.45) is 0 Å². The first-order chi connectivity index (χ1) is 12.8. The molecule has 0 aromatic heterocycles. The van der Waals surface area contributed by atoms with Gasteiger partial charge in [0.1, 0.15) is 0 Å². The minimum absolute atomic E-state index is 0.723. The van der Waals surface area contributed by atoms with E-state index in [1.807, 2.05) is 12.1 Å². The Morgan fingerprint density at radius 3 is 2.46 bits per heavy atom. The summed E-state index contributed by atoms with van der Waals surface area (Å²) in [6, 6.07) is 25.4. The van der Waals surface area contributed by atoms with E-state index in [1.54, 1.807) is 0 Å². The molecular weight excluding hydrogens is 318 g/mol. The molecule has 0 bridgehead atoms. The van der Waals surface area contributed by atoms with Gasteiger partial charge < -0.3 is 4.90 Å². The second kappa shape index (κ2) is 7.59. The lowest BCUT2D eigenvalue weighted by Crippen LogP contribution is -2.30. The van der Waals surface area contributed by atoms with E-state index in [-0.39, 0.29) is 0 Å². The molecule has 0 saturated carbocycles. The monoisotopic (exact) mass is 341 g/mol. The second-order valence-corrected chi connectivity index (χ2v) is 6.91. The van der Waals surface area contributed by atoms with E-state index in [9.17, 15) is 0 Å². The van der Waals surface area contributed by atoms with E-state index in [0.717, 1.165) is 44.7 Å². The lowest BCUT2D eigenvalue weighted by molar-refractivity contribution is 0.286. The van der Waals surface area contributed by atoms with Gasteiger partial charge in [0, 0.05) is 38.4 Å². The van der Waals surface area contributed by atoms with Crippen molar-refractivity contribution in [2.45, 2.75) is 13.0 Å². The minimum atomic E-state index is 0.723. The van der Waals surface area contributed by atoms with Gasteiger partial charge in [0.2, 0.25) is 0 Å². The van der Waals surface area contributed by atoms with Crippen LogP contribution >= 0.6 is 0 Å². The van der Waals surface area contributed by atoms with Crippen LogP contribution in [0.2, 0.25) is 0 Å². The van der Waals surface area contributed by atoms with Crippen LogP contribution in [0.5, 0.6) is 0 Å².